The molecule has 0 aromatic carbocycles. The first-order chi connectivity index (χ1) is 5.69. The summed E-state index contributed by atoms with van der Waals surface area (Å²) < 4.78 is 0. The van der Waals surface area contributed by atoms with E-state index in [-0.39, 0.29) is 16.0 Å². The van der Waals surface area contributed by atoms with Crippen LogP contribution in [0, 0.1) is 0 Å². The van der Waals surface area contributed by atoms with Crippen molar-refractivity contribution >= 4 is 35.6 Å². The molecule has 1 rings (SSSR count). The van der Waals surface area contributed by atoms with Gasteiger partial charge in [0, 0.05) is 0 Å². The minimum atomic E-state index is 0.000463. The summed E-state index contributed by atoms with van der Waals surface area (Å²) in [4.78, 5) is 17.8. The average Bonchev–Trinajstić information content (AvgIpc) is 2.03. The van der Waals surface area contributed by atoms with Gasteiger partial charge in [0.1, 0.15) is 5.15 Å². The monoisotopic (exact) mass is 202 g/mol. The molecule has 0 saturated heterocycles. The molecule has 0 atom stereocenters. The van der Waals surface area contributed by atoms with Gasteiger partial charge in [0.05, 0.1) is 11.3 Å². The van der Waals surface area contributed by atoms with Crippen molar-refractivity contribution < 1.29 is 4.79 Å². The molecule has 0 aliphatic rings. The van der Waals surface area contributed by atoms with Crippen molar-refractivity contribution in [3.8, 4) is 0 Å². The lowest BCUT2D eigenvalue weighted by Crippen LogP contribution is -1.95. The van der Waals surface area contributed by atoms with Crippen LogP contribution in [0.15, 0.2) is 6.58 Å². The molecule has 0 unspecified atom stereocenters. The third-order valence-corrected chi connectivity index (χ3v) is 1.67. The normalized spacial score (nSPS) is 9.50. The van der Waals surface area contributed by atoms with Crippen LogP contribution < -0.4 is 0 Å². The molecular weight excluding hydrogens is 199 g/mol. The molecule has 0 saturated carbocycles. The summed E-state index contributed by atoms with van der Waals surface area (Å²) in [5.74, 6) is 0. The summed E-state index contributed by atoms with van der Waals surface area (Å²) >= 11 is 11.1. The molecule has 12 heavy (non-hydrogen) atoms. The third kappa shape index (κ3) is 1.62. The Morgan fingerprint density at radius 1 is 1.33 bits per heavy atom. The van der Waals surface area contributed by atoms with Gasteiger partial charge in [-0.3, -0.25) is 4.79 Å². The van der Waals surface area contributed by atoms with Crippen molar-refractivity contribution in [3.63, 3.8) is 0 Å². The second-order valence-corrected chi connectivity index (χ2v) is 2.60. The molecule has 1 aromatic heterocycles. The summed E-state index contributed by atoms with van der Waals surface area (Å²) in [5, 5.41) is 0.0420. The first-order valence-electron chi connectivity index (χ1n) is 2.99. The van der Waals surface area contributed by atoms with Gasteiger partial charge in [-0.25, -0.2) is 9.97 Å². The maximum atomic E-state index is 10.5. The van der Waals surface area contributed by atoms with E-state index in [0.29, 0.717) is 12.0 Å². The van der Waals surface area contributed by atoms with Gasteiger partial charge >= 0.3 is 0 Å². The van der Waals surface area contributed by atoms with Crippen molar-refractivity contribution in [2.75, 3.05) is 0 Å². The van der Waals surface area contributed by atoms with Gasteiger partial charge in [-0.05, 0) is 17.7 Å². The summed E-state index contributed by atoms with van der Waals surface area (Å²) in [7, 11) is 0. The van der Waals surface area contributed by atoms with E-state index in [4.69, 9.17) is 23.2 Å². The minimum absolute atomic E-state index is 0.000463. The summed E-state index contributed by atoms with van der Waals surface area (Å²) in [6.45, 7) is 3.46. The van der Waals surface area contributed by atoms with Crippen molar-refractivity contribution in [1.82, 2.24) is 9.97 Å². The van der Waals surface area contributed by atoms with Crippen LogP contribution >= 0.6 is 23.2 Å². The van der Waals surface area contributed by atoms with Gasteiger partial charge in [0.15, 0.2) is 6.29 Å². The van der Waals surface area contributed by atoms with Crippen LogP contribution in [-0.4, -0.2) is 16.3 Å². The highest BCUT2D eigenvalue weighted by atomic mass is 35.5. The van der Waals surface area contributed by atoms with E-state index < -0.39 is 0 Å². The third-order valence-electron chi connectivity index (χ3n) is 1.21. The zero-order valence-corrected chi connectivity index (χ0v) is 7.43. The standard InChI is InChI=1S/C7H4Cl2N2O/c1-2-5-4(3-12)6(8)11-7(9)10-5/h2-3H,1H2. The van der Waals surface area contributed by atoms with Gasteiger partial charge in [-0.15, -0.1) is 0 Å². The molecule has 3 nitrogen and oxygen atoms in total. The van der Waals surface area contributed by atoms with Crippen LogP contribution in [0.5, 0.6) is 0 Å². The largest absolute Gasteiger partial charge is 0.298 e. The van der Waals surface area contributed by atoms with Gasteiger partial charge in [-0.2, -0.15) is 0 Å². The quantitative estimate of drug-likeness (QED) is 0.420. The summed E-state index contributed by atoms with van der Waals surface area (Å²) in [6.07, 6.45) is 1.96. The van der Waals surface area contributed by atoms with E-state index in [9.17, 15) is 4.79 Å². The van der Waals surface area contributed by atoms with E-state index >= 15 is 0 Å². The van der Waals surface area contributed by atoms with Crippen LogP contribution in [0.3, 0.4) is 0 Å². The predicted molar refractivity (Wildman–Crippen MR) is 47.5 cm³/mol. The lowest BCUT2D eigenvalue weighted by Gasteiger charge is -1.99. The molecule has 0 fully saturated rings. The summed E-state index contributed by atoms with van der Waals surface area (Å²) in [6, 6.07) is 0. The van der Waals surface area contributed by atoms with Crippen molar-refractivity contribution in [1.29, 1.82) is 0 Å². The molecule has 0 spiro atoms. The van der Waals surface area contributed by atoms with Gasteiger partial charge < -0.3 is 0 Å². The molecule has 5 heteroatoms. The van der Waals surface area contributed by atoms with E-state index in [1.54, 1.807) is 0 Å². The first-order valence-corrected chi connectivity index (χ1v) is 3.75. The highest BCUT2D eigenvalue weighted by Crippen LogP contribution is 2.17. The van der Waals surface area contributed by atoms with Crippen LogP contribution in [0.4, 0.5) is 0 Å². The molecule has 0 bridgehead atoms. The number of carbonyl (C=O) groups is 1. The van der Waals surface area contributed by atoms with E-state index in [1.165, 1.54) is 6.08 Å². The molecular formula is C7H4Cl2N2O. The number of aldehydes is 1. The Labute approximate surface area is 79.0 Å². The molecule has 1 heterocycles. The fourth-order valence-corrected chi connectivity index (χ4v) is 1.14. The molecule has 0 amide bonds. The van der Waals surface area contributed by atoms with E-state index in [1.807, 2.05) is 0 Å². The Morgan fingerprint density at radius 3 is 2.50 bits per heavy atom. The second-order valence-electron chi connectivity index (χ2n) is 1.90. The Balaban J connectivity index is 3.43. The number of aromatic nitrogens is 2. The lowest BCUT2D eigenvalue weighted by atomic mass is 10.2. The average molecular weight is 203 g/mol. The molecule has 0 radical (unpaired) electrons. The summed E-state index contributed by atoms with van der Waals surface area (Å²) in [5.41, 5.74) is 0.547. The topological polar surface area (TPSA) is 42.9 Å². The minimum Gasteiger partial charge on any atom is -0.298 e. The highest BCUT2D eigenvalue weighted by molar-refractivity contribution is 6.33. The first kappa shape index (κ1) is 9.16. The fraction of sp³-hybridized carbons (Fsp3) is 0. The molecule has 0 N–H and O–H groups in total. The lowest BCUT2D eigenvalue weighted by molar-refractivity contribution is 0.112. The number of nitrogens with zero attached hydrogens (tertiary/aromatic N) is 2. The van der Waals surface area contributed by atoms with Crippen LogP contribution in [0.25, 0.3) is 6.08 Å². The Hall–Kier alpha value is -0.930. The number of hydrogen-bond acceptors (Lipinski definition) is 3. The van der Waals surface area contributed by atoms with Gasteiger partial charge in [0.2, 0.25) is 5.28 Å². The zero-order chi connectivity index (χ0) is 9.14. The second kappa shape index (κ2) is 3.65. The van der Waals surface area contributed by atoms with Gasteiger partial charge in [-0.1, -0.05) is 18.2 Å². The predicted octanol–water partition coefficient (Wildman–Crippen LogP) is 2.24. The number of carbonyl (C=O) groups excluding carboxylic acids is 1. The molecule has 1 aromatic rings. The van der Waals surface area contributed by atoms with Gasteiger partial charge in [0.25, 0.3) is 0 Å². The maximum Gasteiger partial charge on any atom is 0.224 e. The van der Waals surface area contributed by atoms with Crippen molar-refractivity contribution in [2.45, 2.75) is 0 Å². The number of halogens is 2. The van der Waals surface area contributed by atoms with Crippen LogP contribution in [0.1, 0.15) is 16.1 Å². The Bertz CT molecular complexity index is 338. The number of hydrogen-bond donors (Lipinski definition) is 0. The molecule has 62 valence electrons. The van der Waals surface area contributed by atoms with Crippen LogP contribution in [-0.2, 0) is 0 Å². The molecule has 0 aliphatic heterocycles. The molecule has 0 aliphatic carbocycles. The SMILES string of the molecule is C=Cc1nc(Cl)nc(Cl)c1C=O. The smallest absolute Gasteiger partial charge is 0.224 e. The van der Waals surface area contributed by atoms with Crippen molar-refractivity contribution in [3.05, 3.63) is 28.3 Å². The van der Waals surface area contributed by atoms with Crippen molar-refractivity contribution in [2.24, 2.45) is 0 Å². The highest BCUT2D eigenvalue weighted by Gasteiger charge is 2.08. The Kier molecular flexibility index (Phi) is 2.78. The Morgan fingerprint density at radius 2 is 2.00 bits per heavy atom. The maximum absolute atomic E-state index is 10.5. The number of rotatable bonds is 2. The fourth-order valence-electron chi connectivity index (χ4n) is 0.696. The van der Waals surface area contributed by atoms with E-state index in [2.05, 4.69) is 16.5 Å². The van der Waals surface area contributed by atoms with E-state index in [0.717, 1.165) is 0 Å². The van der Waals surface area contributed by atoms with Crippen LogP contribution in [0.2, 0.25) is 10.4 Å². The zero-order valence-electron chi connectivity index (χ0n) is 5.92.